The molecule has 7 heteroatoms. The summed E-state index contributed by atoms with van der Waals surface area (Å²) in [6.45, 7) is 3.48. The predicted molar refractivity (Wildman–Crippen MR) is 91.6 cm³/mol. The van der Waals surface area contributed by atoms with E-state index in [-0.39, 0.29) is 17.3 Å². The molecule has 1 aromatic carbocycles. The average molecular weight is 346 g/mol. The SMILES string of the molecule is C=CCOC(=O)C(C#N)=Cc1sc(Nc2ccccc2)nc1Cl. The van der Waals surface area contributed by atoms with Crippen LogP contribution in [-0.4, -0.2) is 17.6 Å². The Morgan fingerprint density at radius 3 is 2.87 bits per heavy atom. The summed E-state index contributed by atoms with van der Waals surface area (Å²) in [4.78, 5) is 16.4. The number of hydrogen-bond donors (Lipinski definition) is 1. The molecule has 1 heterocycles. The van der Waals surface area contributed by atoms with Gasteiger partial charge in [0.1, 0.15) is 23.4 Å². The van der Waals surface area contributed by atoms with Crippen LogP contribution in [0.2, 0.25) is 5.15 Å². The van der Waals surface area contributed by atoms with Crippen LogP contribution in [0.1, 0.15) is 4.88 Å². The summed E-state index contributed by atoms with van der Waals surface area (Å²) in [5.74, 6) is -0.727. The molecule has 0 bridgehead atoms. The fraction of sp³-hybridized carbons (Fsp3) is 0.0625. The molecule has 0 fully saturated rings. The van der Waals surface area contributed by atoms with Gasteiger partial charge in [-0.25, -0.2) is 9.78 Å². The summed E-state index contributed by atoms with van der Waals surface area (Å²) in [6, 6.07) is 11.3. The molecule has 23 heavy (non-hydrogen) atoms. The van der Waals surface area contributed by atoms with Gasteiger partial charge in [0, 0.05) is 5.69 Å². The lowest BCUT2D eigenvalue weighted by Crippen LogP contribution is -2.06. The first-order valence-corrected chi connectivity index (χ1v) is 7.71. The van der Waals surface area contributed by atoms with Crippen LogP contribution in [-0.2, 0) is 9.53 Å². The number of nitriles is 1. The highest BCUT2D eigenvalue weighted by atomic mass is 35.5. The maximum atomic E-state index is 11.7. The molecule has 1 aromatic heterocycles. The zero-order valence-electron chi connectivity index (χ0n) is 12.0. The van der Waals surface area contributed by atoms with E-state index in [2.05, 4.69) is 16.9 Å². The molecule has 0 aliphatic rings. The first-order valence-electron chi connectivity index (χ1n) is 6.52. The van der Waals surface area contributed by atoms with Crippen molar-refractivity contribution in [1.82, 2.24) is 4.98 Å². The zero-order chi connectivity index (χ0) is 16.7. The van der Waals surface area contributed by atoms with Crippen LogP contribution in [0.4, 0.5) is 10.8 Å². The monoisotopic (exact) mass is 345 g/mol. The van der Waals surface area contributed by atoms with Gasteiger partial charge < -0.3 is 10.1 Å². The van der Waals surface area contributed by atoms with Crippen molar-refractivity contribution in [3.63, 3.8) is 0 Å². The maximum Gasteiger partial charge on any atom is 0.349 e. The number of aromatic nitrogens is 1. The molecule has 1 N–H and O–H groups in total. The molecular weight excluding hydrogens is 334 g/mol. The summed E-state index contributed by atoms with van der Waals surface area (Å²) in [5, 5.41) is 12.9. The zero-order valence-corrected chi connectivity index (χ0v) is 13.5. The number of carbonyl (C=O) groups is 1. The second kappa shape index (κ2) is 8.13. The number of nitrogens with one attached hydrogen (secondary N) is 1. The van der Waals surface area contributed by atoms with E-state index in [1.54, 1.807) is 6.07 Å². The van der Waals surface area contributed by atoms with E-state index >= 15 is 0 Å². The minimum Gasteiger partial charge on any atom is -0.457 e. The number of ether oxygens (including phenoxy) is 1. The van der Waals surface area contributed by atoms with E-state index < -0.39 is 5.97 Å². The highest BCUT2D eigenvalue weighted by molar-refractivity contribution is 7.17. The number of rotatable bonds is 6. The molecule has 2 rings (SSSR count). The highest BCUT2D eigenvalue weighted by Gasteiger charge is 2.14. The number of benzene rings is 1. The molecule has 0 saturated heterocycles. The second-order valence-corrected chi connectivity index (χ2v) is 5.61. The molecule has 0 unspecified atom stereocenters. The Labute approximate surface area is 142 Å². The highest BCUT2D eigenvalue weighted by Crippen LogP contribution is 2.31. The van der Waals surface area contributed by atoms with Gasteiger partial charge in [-0.15, -0.1) is 0 Å². The molecular formula is C16H12ClN3O2S. The Morgan fingerprint density at radius 1 is 1.48 bits per heavy atom. The first kappa shape index (κ1) is 16.7. The summed E-state index contributed by atoms with van der Waals surface area (Å²) in [6.07, 6.45) is 2.79. The van der Waals surface area contributed by atoms with Gasteiger partial charge in [-0.1, -0.05) is 53.8 Å². The lowest BCUT2D eigenvalue weighted by atomic mass is 10.2. The standard InChI is InChI=1S/C16H12ClN3O2S/c1-2-8-22-15(21)11(10-18)9-13-14(17)20-16(23-13)19-12-6-4-3-5-7-12/h2-7,9H,1,8H2,(H,19,20). The van der Waals surface area contributed by atoms with Crippen molar-refractivity contribution >= 4 is 45.8 Å². The molecule has 0 atom stereocenters. The second-order valence-electron chi connectivity index (χ2n) is 4.22. The molecule has 0 radical (unpaired) electrons. The third-order valence-electron chi connectivity index (χ3n) is 2.58. The van der Waals surface area contributed by atoms with Gasteiger partial charge in [0.15, 0.2) is 5.13 Å². The van der Waals surface area contributed by atoms with Crippen molar-refractivity contribution in [2.24, 2.45) is 0 Å². The van der Waals surface area contributed by atoms with Crippen molar-refractivity contribution in [2.75, 3.05) is 11.9 Å². The van der Waals surface area contributed by atoms with Crippen LogP contribution in [0, 0.1) is 11.3 Å². The van der Waals surface area contributed by atoms with E-state index in [1.165, 1.54) is 23.5 Å². The largest absolute Gasteiger partial charge is 0.457 e. The number of nitrogens with zero attached hydrogens (tertiary/aromatic N) is 2. The van der Waals surface area contributed by atoms with Crippen LogP contribution in [0.15, 0.2) is 48.6 Å². The number of thiazole rings is 1. The summed E-state index contributed by atoms with van der Waals surface area (Å²) in [5.41, 5.74) is 0.711. The van der Waals surface area contributed by atoms with Crippen LogP contribution >= 0.6 is 22.9 Å². The number of carbonyl (C=O) groups excluding carboxylic acids is 1. The fourth-order valence-corrected chi connectivity index (χ4v) is 2.71. The lowest BCUT2D eigenvalue weighted by Gasteiger charge is -2.00. The smallest absolute Gasteiger partial charge is 0.349 e. The van der Waals surface area contributed by atoms with Gasteiger partial charge in [0.2, 0.25) is 0 Å². The first-order chi connectivity index (χ1) is 11.1. The Kier molecular flexibility index (Phi) is 5.92. The lowest BCUT2D eigenvalue weighted by molar-refractivity contribution is -0.137. The number of halogens is 1. The van der Waals surface area contributed by atoms with Gasteiger partial charge >= 0.3 is 5.97 Å². The summed E-state index contributed by atoms with van der Waals surface area (Å²) < 4.78 is 4.84. The number of hydrogen-bond acceptors (Lipinski definition) is 6. The van der Waals surface area contributed by atoms with Crippen molar-refractivity contribution < 1.29 is 9.53 Å². The normalized spacial score (nSPS) is 10.7. The molecule has 0 spiro atoms. The molecule has 0 aliphatic carbocycles. The van der Waals surface area contributed by atoms with E-state index in [4.69, 9.17) is 21.6 Å². The van der Waals surface area contributed by atoms with Gasteiger partial charge in [0.25, 0.3) is 0 Å². The van der Waals surface area contributed by atoms with Gasteiger partial charge in [-0.2, -0.15) is 5.26 Å². The van der Waals surface area contributed by atoms with Crippen LogP contribution in [0.3, 0.4) is 0 Å². The Bertz CT molecular complexity index is 778. The van der Waals surface area contributed by atoms with E-state index in [9.17, 15) is 4.79 Å². The van der Waals surface area contributed by atoms with E-state index in [1.807, 2.05) is 30.3 Å². The molecule has 0 amide bonds. The molecule has 2 aromatic rings. The van der Waals surface area contributed by atoms with Crippen molar-refractivity contribution in [1.29, 1.82) is 5.26 Å². The summed E-state index contributed by atoms with van der Waals surface area (Å²) >= 11 is 7.29. The fourth-order valence-electron chi connectivity index (χ4n) is 1.58. The quantitative estimate of drug-likeness (QED) is 0.368. The van der Waals surface area contributed by atoms with E-state index in [0.717, 1.165) is 5.69 Å². The predicted octanol–water partition coefficient (Wildman–Crippen LogP) is 4.18. The Balaban J connectivity index is 2.20. The molecule has 0 aliphatic heterocycles. The Morgan fingerprint density at radius 2 is 2.22 bits per heavy atom. The van der Waals surface area contributed by atoms with Crippen LogP contribution in [0.5, 0.6) is 0 Å². The molecule has 5 nitrogen and oxygen atoms in total. The number of esters is 1. The third kappa shape index (κ3) is 4.68. The number of anilines is 2. The van der Waals surface area contributed by atoms with Crippen LogP contribution in [0.25, 0.3) is 6.08 Å². The minimum atomic E-state index is -0.727. The van der Waals surface area contributed by atoms with E-state index in [0.29, 0.717) is 10.0 Å². The summed E-state index contributed by atoms with van der Waals surface area (Å²) in [7, 11) is 0. The Hall–Kier alpha value is -2.62. The third-order valence-corrected chi connectivity index (χ3v) is 3.90. The number of para-hydroxylation sites is 1. The van der Waals surface area contributed by atoms with Crippen molar-refractivity contribution in [2.45, 2.75) is 0 Å². The maximum absolute atomic E-state index is 11.7. The molecule has 116 valence electrons. The van der Waals surface area contributed by atoms with Crippen molar-refractivity contribution in [3.8, 4) is 6.07 Å². The van der Waals surface area contributed by atoms with Crippen molar-refractivity contribution in [3.05, 3.63) is 58.6 Å². The topological polar surface area (TPSA) is 75.0 Å². The van der Waals surface area contributed by atoms with Crippen LogP contribution < -0.4 is 5.32 Å². The minimum absolute atomic E-state index is 0.0368. The van der Waals surface area contributed by atoms with Gasteiger partial charge in [0.05, 0.1) is 4.88 Å². The van der Waals surface area contributed by atoms with Gasteiger partial charge in [-0.05, 0) is 18.2 Å². The average Bonchev–Trinajstić information content (AvgIpc) is 2.90. The van der Waals surface area contributed by atoms with Gasteiger partial charge in [-0.3, -0.25) is 0 Å². The molecule has 0 saturated carbocycles.